The summed E-state index contributed by atoms with van der Waals surface area (Å²) in [7, 11) is 0. The highest BCUT2D eigenvalue weighted by Gasteiger charge is 2.34. The van der Waals surface area contributed by atoms with Gasteiger partial charge in [-0.1, -0.05) is 43.2 Å². The molecule has 2 aliphatic rings. The van der Waals surface area contributed by atoms with E-state index in [4.69, 9.17) is 0 Å². The molecule has 17 heavy (non-hydrogen) atoms. The Hall–Kier alpha value is -0.860. The van der Waals surface area contributed by atoms with Crippen molar-refractivity contribution in [2.45, 2.75) is 57.2 Å². The lowest BCUT2D eigenvalue weighted by molar-refractivity contribution is 0.185. The quantitative estimate of drug-likeness (QED) is 0.843. The van der Waals surface area contributed by atoms with Gasteiger partial charge in [0.2, 0.25) is 0 Å². The molecule has 0 aliphatic carbocycles. The van der Waals surface area contributed by atoms with E-state index in [9.17, 15) is 0 Å². The average Bonchev–Trinajstić information content (AvgIpc) is 2.54. The van der Waals surface area contributed by atoms with Gasteiger partial charge in [0.05, 0.1) is 0 Å². The second-order valence-corrected chi connectivity index (χ2v) is 5.33. The SMILES string of the molecule is N.c1ccc(CN2C3CCCCC2CC3)cc1. The number of hydrogen-bond acceptors (Lipinski definition) is 2. The van der Waals surface area contributed by atoms with Crippen LogP contribution in [0.1, 0.15) is 44.1 Å². The first-order valence-electron chi connectivity index (χ1n) is 6.73. The molecule has 1 aromatic rings. The van der Waals surface area contributed by atoms with Crippen LogP contribution in [0.25, 0.3) is 0 Å². The van der Waals surface area contributed by atoms with Crippen LogP contribution in [0, 0.1) is 0 Å². The molecule has 2 heterocycles. The van der Waals surface area contributed by atoms with Crippen molar-refractivity contribution in [1.29, 1.82) is 0 Å². The summed E-state index contributed by atoms with van der Waals surface area (Å²) in [5.74, 6) is 0. The van der Waals surface area contributed by atoms with Gasteiger partial charge in [0.15, 0.2) is 0 Å². The maximum Gasteiger partial charge on any atom is 0.0239 e. The summed E-state index contributed by atoms with van der Waals surface area (Å²) < 4.78 is 0. The fourth-order valence-electron chi connectivity index (χ4n) is 3.45. The molecular formula is C15H24N2. The van der Waals surface area contributed by atoms with Crippen LogP contribution in [-0.4, -0.2) is 17.0 Å². The van der Waals surface area contributed by atoms with E-state index >= 15 is 0 Å². The van der Waals surface area contributed by atoms with Gasteiger partial charge in [0, 0.05) is 18.6 Å². The Bertz CT molecular complexity index is 322. The Kier molecular flexibility index (Phi) is 4.19. The summed E-state index contributed by atoms with van der Waals surface area (Å²) in [6.45, 7) is 1.18. The number of rotatable bonds is 2. The summed E-state index contributed by atoms with van der Waals surface area (Å²) in [5, 5.41) is 0. The zero-order chi connectivity index (χ0) is 10.8. The first-order chi connectivity index (χ1) is 7.93. The topological polar surface area (TPSA) is 38.2 Å². The third-order valence-corrected chi connectivity index (χ3v) is 4.30. The standard InChI is InChI=1S/C15H21N.H3N/c1-2-6-13(7-3-1)12-16-14-8-4-5-9-15(16)11-10-14;/h1-3,6-7,14-15H,4-5,8-12H2;1H3. The van der Waals surface area contributed by atoms with Crippen LogP contribution in [0.3, 0.4) is 0 Å². The van der Waals surface area contributed by atoms with E-state index < -0.39 is 0 Å². The van der Waals surface area contributed by atoms with Crippen LogP contribution < -0.4 is 6.15 Å². The molecule has 2 saturated heterocycles. The lowest BCUT2D eigenvalue weighted by Crippen LogP contribution is -2.33. The predicted molar refractivity (Wildman–Crippen MR) is 72.3 cm³/mol. The summed E-state index contributed by atoms with van der Waals surface area (Å²) in [6, 6.07) is 12.7. The fourth-order valence-corrected chi connectivity index (χ4v) is 3.45. The summed E-state index contributed by atoms with van der Waals surface area (Å²) in [5.41, 5.74) is 1.49. The van der Waals surface area contributed by atoms with Crippen LogP contribution in [0.2, 0.25) is 0 Å². The number of benzene rings is 1. The molecule has 2 aliphatic heterocycles. The second kappa shape index (κ2) is 5.65. The third-order valence-electron chi connectivity index (χ3n) is 4.30. The third kappa shape index (κ3) is 2.70. The first kappa shape index (κ1) is 12.6. The van der Waals surface area contributed by atoms with Crippen LogP contribution in [0.15, 0.2) is 30.3 Å². The molecule has 0 spiro atoms. The summed E-state index contributed by atoms with van der Waals surface area (Å²) >= 11 is 0. The van der Waals surface area contributed by atoms with E-state index in [0.29, 0.717) is 0 Å². The number of nitrogens with zero attached hydrogens (tertiary/aromatic N) is 1. The molecule has 0 saturated carbocycles. The van der Waals surface area contributed by atoms with Crippen molar-refractivity contribution in [3.05, 3.63) is 35.9 Å². The van der Waals surface area contributed by atoms with Gasteiger partial charge in [-0.25, -0.2) is 0 Å². The maximum atomic E-state index is 2.78. The van der Waals surface area contributed by atoms with Crippen molar-refractivity contribution >= 4 is 0 Å². The van der Waals surface area contributed by atoms with Crippen molar-refractivity contribution in [3.8, 4) is 0 Å². The van der Waals surface area contributed by atoms with Crippen molar-refractivity contribution in [3.63, 3.8) is 0 Å². The smallest absolute Gasteiger partial charge is 0.0239 e. The van der Waals surface area contributed by atoms with Crippen molar-refractivity contribution in [1.82, 2.24) is 11.1 Å². The Morgan fingerprint density at radius 1 is 0.882 bits per heavy atom. The Labute approximate surface area is 105 Å². The molecule has 94 valence electrons. The van der Waals surface area contributed by atoms with Crippen LogP contribution in [-0.2, 0) is 6.54 Å². The number of hydrogen-bond donors (Lipinski definition) is 1. The van der Waals surface area contributed by atoms with E-state index in [2.05, 4.69) is 35.2 Å². The highest BCUT2D eigenvalue weighted by atomic mass is 15.2. The van der Waals surface area contributed by atoms with Gasteiger partial charge in [-0.3, -0.25) is 4.90 Å². The van der Waals surface area contributed by atoms with Gasteiger partial charge < -0.3 is 6.15 Å². The Morgan fingerprint density at radius 3 is 2.06 bits per heavy atom. The minimum Gasteiger partial charge on any atom is -0.344 e. The summed E-state index contributed by atoms with van der Waals surface area (Å²) in [6.07, 6.45) is 8.65. The maximum absolute atomic E-state index is 2.78. The highest BCUT2D eigenvalue weighted by molar-refractivity contribution is 5.15. The van der Waals surface area contributed by atoms with E-state index in [-0.39, 0.29) is 6.15 Å². The summed E-state index contributed by atoms with van der Waals surface area (Å²) in [4.78, 5) is 2.78. The van der Waals surface area contributed by atoms with E-state index in [1.165, 1.54) is 50.6 Å². The molecule has 0 amide bonds. The molecule has 2 fully saturated rings. The normalized spacial score (nSPS) is 28.5. The lowest BCUT2D eigenvalue weighted by atomic mass is 10.0. The molecule has 2 heteroatoms. The molecule has 1 aromatic carbocycles. The second-order valence-electron chi connectivity index (χ2n) is 5.33. The van der Waals surface area contributed by atoms with Gasteiger partial charge in [-0.2, -0.15) is 0 Å². The predicted octanol–water partition coefficient (Wildman–Crippen LogP) is 3.76. The first-order valence-corrected chi connectivity index (χ1v) is 6.73. The minimum absolute atomic E-state index is 0. The Balaban J connectivity index is 0.00000108. The van der Waals surface area contributed by atoms with E-state index in [1.807, 2.05) is 0 Å². The van der Waals surface area contributed by atoms with Crippen molar-refractivity contribution in [2.24, 2.45) is 0 Å². The molecule has 2 atom stereocenters. The van der Waals surface area contributed by atoms with E-state index in [0.717, 1.165) is 12.1 Å². The molecule has 2 unspecified atom stereocenters. The molecule has 0 aromatic heterocycles. The van der Waals surface area contributed by atoms with Crippen molar-refractivity contribution < 1.29 is 0 Å². The van der Waals surface area contributed by atoms with Gasteiger partial charge in [0.1, 0.15) is 0 Å². The number of fused-ring (bicyclic) bond motifs is 2. The molecule has 2 bridgehead atoms. The van der Waals surface area contributed by atoms with Crippen LogP contribution in [0.5, 0.6) is 0 Å². The van der Waals surface area contributed by atoms with Crippen LogP contribution >= 0.6 is 0 Å². The van der Waals surface area contributed by atoms with Gasteiger partial charge in [-0.15, -0.1) is 0 Å². The largest absolute Gasteiger partial charge is 0.344 e. The molecule has 3 rings (SSSR count). The lowest BCUT2D eigenvalue weighted by Gasteiger charge is -2.27. The molecule has 3 N–H and O–H groups in total. The van der Waals surface area contributed by atoms with Gasteiger partial charge in [0.25, 0.3) is 0 Å². The fraction of sp³-hybridized carbons (Fsp3) is 0.600. The molecule has 2 nitrogen and oxygen atoms in total. The minimum atomic E-state index is 0. The van der Waals surface area contributed by atoms with Gasteiger partial charge >= 0.3 is 0 Å². The average molecular weight is 232 g/mol. The van der Waals surface area contributed by atoms with Gasteiger partial charge in [-0.05, 0) is 31.2 Å². The molecular weight excluding hydrogens is 208 g/mol. The van der Waals surface area contributed by atoms with Crippen molar-refractivity contribution in [2.75, 3.05) is 0 Å². The monoisotopic (exact) mass is 232 g/mol. The zero-order valence-electron chi connectivity index (χ0n) is 10.6. The highest BCUT2D eigenvalue weighted by Crippen LogP contribution is 2.35. The van der Waals surface area contributed by atoms with Crippen LogP contribution in [0.4, 0.5) is 0 Å². The Morgan fingerprint density at radius 2 is 1.47 bits per heavy atom. The zero-order valence-corrected chi connectivity index (χ0v) is 10.6. The molecule has 0 radical (unpaired) electrons. The van der Waals surface area contributed by atoms with E-state index in [1.54, 1.807) is 0 Å².